The molecule has 2 atom stereocenters. The van der Waals surface area contributed by atoms with E-state index in [-0.39, 0.29) is 12.4 Å². The fourth-order valence-electron chi connectivity index (χ4n) is 2.88. The van der Waals surface area contributed by atoms with Crippen molar-refractivity contribution in [3.05, 3.63) is 24.3 Å². The van der Waals surface area contributed by atoms with Crippen molar-refractivity contribution in [1.82, 2.24) is 0 Å². The molecule has 0 aliphatic heterocycles. The van der Waals surface area contributed by atoms with Crippen molar-refractivity contribution in [2.75, 3.05) is 17.7 Å². The average Bonchev–Trinajstić information content (AvgIpc) is 2.87. The van der Waals surface area contributed by atoms with Gasteiger partial charge >= 0.3 is 0 Å². The van der Waals surface area contributed by atoms with Crippen LogP contribution in [-0.2, 0) is 9.84 Å². The molecule has 0 radical (unpaired) electrons. The van der Waals surface area contributed by atoms with Gasteiger partial charge in [-0.1, -0.05) is 13.3 Å². The van der Waals surface area contributed by atoms with Gasteiger partial charge in [0.25, 0.3) is 0 Å². The molecule has 20 heavy (non-hydrogen) atoms. The van der Waals surface area contributed by atoms with E-state index in [4.69, 9.17) is 5.11 Å². The molecular weight excluding hydrogens is 274 g/mol. The summed E-state index contributed by atoms with van der Waals surface area (Å²) in [6.07, 6.45) is 4.28. The highest BCUT2D eigenvalue weighted by atomic mass is 32.2. The minimum Gasteiger partial charge on any atom is -0.396 e. The molecule has 5 heteroatoms. The summed E-state index contributed by atoms with van der Waals surface area (Å²) in [6.45, 7) is 1.88. The SMILES string of the molecule is CCS(=O)(=O)c1ccc(N[C@@H]2CCC[C@H]2CCO)cc1. The molecule has 0 spiro atoms. The predicted molar refractivity (Wildman–Crippen MR) is 80.6 cm³/mol. The van der Waals surface area contributed by atoms with E-state index >= 15 is 0 Å². The third-order valence-electron chi connectivity index (χ3n) is 4.10. The minimum atomic E-state index is -3.12. The summed E-state index contributed by atoms with van der Waals surface area (Å²) >= 11 is 0. The van der Waals surface area contributed by atoms with Crippen LogP contribution in [0.15, 0.2) is 29.2 Å². The van der Waals surface area contributed by atoms with Crippen molar-refractivity contribution < 1.29 is 13.5 Å². The normalized spacial score (nSPS) is 22.9. The first-order chi connectivity index (χ1) is 9.56. The highest BCUT2D eigenvalue weighted by molar-refractivity contribution is 7.91. The molecule has 1 aromatic carbocycles. The van der Waals surface area contributed by atoms with E-state index in [1.165, 1.54) is 6.42 Å². The maximum absolute atomic E-state index is 11.7. The van der Waals surface area contributed by atoms with Crippen molar-refractivity contribution in [3.8, 4) is 0 Å². The van der Waals surface area contributed by atoms with Gasteiger partial charge in [-0.2, -0.15) is 0 Å². The molecule has 1 aromatic rings. The van der Waals surface area contributed by atoms with E-state index < -0.39 is 9.84 Å². The van der Waals surface area contributed by atoms with Crippen LogP contribution in [0.5, 0.6) is 0 Å². The van der Waals surface area contributed by atoms with E-state index in [0.29, 0.717) is 16.9 Å². The monoisotopic (exact) mass is 297 g/mol. The molecule has 0 bridgehead atoms. The van der Waals surface area contributed by atoms with Gasteiger partial charge in [-0.05, 0) is 49.4 Å². The number of aliphatic hydroxyl groups excluding tert-OH is 1. The average molecular weight is 297 g/mol. The Morgan fingerprint density at radius 2 is 1.95 bits per heavy atom. The smallest absolute Gasteiger partial charge is 0.178 e. The van der Waals surface area contributed by atoms with Crippen LogP contribution in [0.2, 0.25) is 0 Å². The zero-order valence-corrected chi connectivity index (χ0v) is 12.7. The zero-order valence-electron chi connectivity index (χ0n) is 11.9. The molecule has 1 saturated carbocycles. The second kappa shape index (κ2) is 6.59. The van der Waals surface area contributed by atoms with Gasteiger partial charge in [-0.3, -0.25) is 0 Å². The lowest BCUT2D eigenvalue weighted by molar-refractivity contribution is 0.254. The minimum absolute atomic E-state index is 0.126. The largest absolute Gasteiger partial charge is 0.396 e. The lowest BCUT2D eigenvalue weighted by Gasteiger charge is -2.21. The molecular formula is C15H23NO3S. The fourth-order valence-corrected chi connectivity index (χ4v) is 3.76. The Balaban J connectivity index is 2.04. The molecule has 0 unspecified atom stereocenters. The Bertz CT molecular complexity index is 525. The number of sulfone groups is 1. The highest BCUT2D eigenvalue weighted by Gasteiger charge is 2.26. The summed E-state index contributed by atoms with van der Waals surface area (Å²) in [4.78, 5) is 0.379. The highest BCUT2D eigenvalue weighted by Crippen LogP contribution is 2.31. The quantitative estimate of drug-likeness (QED) is 0.846. The summed E-state index contributed by atoms with van der Waals surface area (Å²) in [5.41, 5.74) is 0.954. The van der Waals surface area contributed by atoms with Crippen molar-refractivity contribution in [2.45, 2.75) is 43.5 Å². The maximum Gasteiger partial charge on any atom is 0.178 e. The lowest BCUT2D eigenvalue weighted by atomic mass is 10.00. The van der Waals surface area contributed by atoms with Crippen LogP contribution in [0.25, 0.3) is 0 Å². The Kier molecular flexibility index (Phi) is 5.05. The molecule has 4 nitrogen and oxygen atoms in total. The molecule has 2 N–H and O–H groups in total. The van der Waals surface area contributed by atoms with Crippen molar-refractivity contribution >= 4 is 15.5 Å². The molecule has 0 aromatic heterocycles. The topological polar surface area (TPSA) is 66.4 Å². The Hall–Kier alpha value is -1.07. The first-order valence-corrected chi connectivity index (χ1v) is 8.92. The first-order valence-electron chi connectivity index (χ1n) is 7.27. The van der Waals surface area contributed by atoms with Gasteiger partial charge in [0, 0.05) is 18.3 Å². The number of hydrogen-bond acceptors (Lipinski definition) is 4. The van der Waals surface area contributed by atoms with Crippen LogP contribution in [-0.4, -0.2) is 31.9 Å². The lowest BCUT2D eigenvalue weighted by Crippen LogP contribution is -2.24. The van der Waals surface area contributed by atoms with Crippen molar-refractivity contribution in [2.24, 2.45) is 5.92 Å². The van der Waals surface area contributed by atoms with Crippen LogP contribution >= 0.6 is 0 Å². The predicted octanol–water partition coefficient (Wildman–Crippen LogP) is 2.44. The summed E-state index contributed by atoms with van der Waals surface area (Å²) in [5.74, 6) is 0.639. The van der Waals surface area contributed by atoms with Crippen LogP contribution in [0, 0.1) is 5.92 Å². The van der Waals surface area contributed by atoms with Gasteiger partial charge in [0.05, 0.1) is 10.6 Å². The summed E-state index contributed by atoms with van der Waals surface area (Å²) < 4.78 is 23.5. The van der Waals surface area contributed by atoms with Gasteiger partial charge < -0.3 is 10.4 Å². The van der Waals surface area contributed by atoms with Crippen LogP contribution in [0.3, 0.4) is 0 Å². The second-order valence-electron chi connectivity index (χ2n) is 5.38. The van der Waals surface area contributed by atoms with E-state index in [9.17, 15) is 8.42 Å². The summed E-state index contributed by atoms with van der Waals surface area (Å²) in [5, 5.41) is 12.5. The summed E-state index contributed by atoms with van der Waals surface area (Å²) in [7, 11) is -3.12. The molecule has 112 valence electrons. The fraction of sp³-hybridized carbons (Fsp3) is 0.600. The Morgan fingerprint density at radius 1 is 1.25 bits per heavy atom. The number of rotatable bonds is 6. The van der Waals surface area contributed by atoms with Crippen molar-refractivity contribution in [1.29, 1.82) is 0 Å². The Labute approximate surface area is 121 Å². The first kappa shape index (κ1) is 15.3. The van der Waals surface area contributed by atoms with Gasteiger partial charge in [-0.25, -0.2) is 8.42 Å². The number of anilines is 1. The van der Waals surface area contributed by atoms with Crippen LogP contribution in [0.4, 0.5) is 5.69 Å². The van der Waals surface area contributed by atoms with E-state index in [1.54, 1.807) is 19.1 Å². The molecule has 0 saturated heterocycles. The molecule has 1 aliphatic rings. The van der Waals surface area contributed by atoms with Gasteiger partial charge in [0.15, 0.2) is 9.84 Å². The molecule has 0 heterocycles. The van der Waals surface area contributed by atoms with Crippen molar-refractivity contribution in [3.63, 3.8) is 0 Å². The van der Waals surface area contributed by atoms with Gasteiger partial charge in [-0.15, -0.1) is 0 Å². The number of nitrogens with one attached hydrogen (secondary N) is 1. The number of hydrogen-bond donors (Lipinski definition) is 2. The number of aliphatic hydroxyl groups is 1. The van der Waals surface area contributed by atoms with Gasteiger partial charge in [0.2, 0.25) is 0 Å². The van der Waals surface area contributed by atoms with Crippen LogP contribution < -0.4 is 5.32 Å². The Morgan fingerprint density at radius 3 is 2.55 bits per heavy atom. The standard InChI is InChI=1S/C15H23NO3S/c1-2-20(18,19)14-8-6-13(7-9-14)16-15-5-3-4-12(15)10-11-17/h6-9,12,15-17H,2-5,10-11H2,1H3/t12-,15+/m0/s1. The van der Waals surface area contributed by atoms with E-state index in [2.05, 4.69) is 5.32 Å². The number of benzene rings is 1. The summed E-state index contributed by atoms with van der Waals surface area (Å²) in [6, 6.07) is 7.37. The molecule has 2 rings (SSSR count). The van der Waals surface area contributed by atoms with Crippen LogP contribution in [0.1, 0.15) is 32.6 Å². The van der Waals surface area contributed by atoms with Gasteiger partial charge in [0.1, 0.15) is 0 Å². The third-order valence-corrected chi connectivity index (χ3v) is 5.85. The van der Waals surface area contributed by atoms with E-state index in [1.807, 2.05) is 12.1 Å². The maximum atomic E-state index is 11.7. The molecule has 1 aliphatic carbocycles. The second-order valence-corrected chi connectivity index (χ2v) is 7.66. The molecule has 0 amide bonds. The zero-order chi connectivity index (χ0) is 14.6. The van der Waals surface area contributed by atoms with E-state index in [0.717, 1.165) is 24.9 Å². The molecule has 1 fully saturated rings. The third kappa shape index (κ3) is 3.52.